The highest BCUT2D eigenvalue weighted by Gasteiger charge is 2.36. The molecule has 3 aromatic heterocycles. The van der Waals surface area contributed by atoms with Crippen LogP contribution < -0.4 is 10.1 Å². The predicted octanol–water partition coefficient (Wildman–Crippen LogP) is 5.31. The Bertz CT molecular complexity index is 1260. The van der Waals surface area contributed by atoms with Gasteiger partial charge in [0.1, 0.15) is 11.5 Å². The lowest BCUT2D eigenvalue weighted by Crippen LogP contribution is -2.27. The van der Waals surface area contributed by atoms with Gasteiger partial charge in [0.25, 0.3) is 0 Å². The highest BCUT2D eigenvalue weighted by molar-refractivity contribution is 5.80. The van der Waals surface area contributed by atoms with Gasteiger partial charge in [-0.3, -0.25) is 0 Å². The molecule has 0 saturated carbocycles. The van der Waals surface area contributed by atoms with Crippen LogP contribution in [0.4, 0.5) is 23.4 Å². The Balaban J connectivity index is 1.58. The summed E-state index contributed by atoms with van der Waals surface area (Å²) in [5, 5.41) is 2.64. The Morgan fingerprint density at radius 2 is 1.94 bits per heavy atom. The standard InChI is InChI=1S/C22H18F4N4O/c1-12-8-15-14(11-28-21(15)27-10-12)9-13-6-7-18(29-20(13)24)30-22(25,26)16-4-3-5-17(31-2)19(16)23/h3-8,10-11H,9H2,1-2H3,(H,27,28)(H,29,30). The number of pyridine rings is 2. The molecule has 0 aliphatic carbocycles. The molecule has 0 bridgehead atoms. The number of aromatic amines is 1. The van der Waals surface area contributed by atoms with E-state index in [0.717, 1.165) is 22.6 Å². The molecule has 31 heavy (non-hydrogen) atoms. The molecule has 0 radical (unpaired) electrons. The van der Waals surface area contributed by atoms with E-state index in [1.165, 1.54) is 31.4 Å². The fraction of sp³-hybridized carbons (Fsp3) is 0.182. The van der Waals surface area contributed by atoms with Crippen molar-refractivity contribution in [3.63, 3.8) is 0 Å². The van der Waals surface area contributed by atoms with E-state index in [2.05, 4.69) is 15.0 Å². The Morgan fingerprint density at radius 3 is 2.68 bits per heavy atom. The van der Waals surface area contributed by atoms with Crippen LogP contribution in [-0.2, 0) is 12.5 Å². The minimum atomic E-state index is -3.83. The molecule has 0 unspecified atom stereocenters. The number of aryl methyl sites for hydroxylation is 1. The molecule has 160 valence electrons. The van der Waals surface area contributed by atoms with E-state index in [4.69, 9.17) is 4.74 Å². The van der Waals surface area contributed by atoms with Crippen LogP contribution in [-0.4, -0.2) is 22.1 Å². The van der Waals surface area contributed by atoms with Crippen LogP contribution in [0.3, 0.4) is 0 Å². The maximum Gasteiger partial charge on any atom is 0.354 e. The fourth-order valence-corrected chi connectivity index (χ4v) is 3.32. The van der Waals surface area contributed by atoms with E-state index in [1.54, 1.807) is 17.7 Å². The molecule has 0 fully saturated rings. The maximum atomic E-state index is 14.6. The van der Waals surface area contributed by atoms with Gasteiger partial charge in [0.2, 0.25) is 5.95 Å². The third-order valence-corrected chi connectivity index (χ3v) is 4.87. The number of rotatable bonds is 6. The van der Waals surface area contributed by atoms with E-state index in [9.17, 15) is 17.6 Å². The summed E-state index contributed by atoms with van der Waals surface area (Å²) in [5.41, 5.74) is 1.73. The van der Waals surface area contributed by atoms with Crippen molar-refractivity contribution in [3.8, 4) is 5.75 Å². The molecular weight excluding hydrogens is 412 g/mol. The van der Waals surface area contributed by atoms with Crippen molar-refractivity contribution in [3.05, 3.63) is 82.8 Å². The van der Waals surface area contributed by atoms with Gasteiger partial charge in [-0.15, -0.1) is 0 Å². The average Bonchev–Trinajstić information content (AvgIpc) is 3.11. The number of nitrogens with zero attached hydrogens (tertiary/aromatic N) is 2. The van der Waals surface area contributed by atoms with E-state index in [-0.39, 0.29) is 17.7 Å². The van der Waals surface area contributed by atoms with Crippen LogP contribution in [0.25, 0.3) is 11.0 Å². The van der Waals surface area contributed by atoms with Crippen LogP contribution in [0.2, 0.25) is 0 Å². The lowest BCUT2D eigenvalue weighted by Gasteiger charge is -2.20. The Hall–Kier alpha value is -3.62. The molecule has 3 heterocycles. The summed E-state index contributed by atoms with van der Waals surface area (Å²) >= 11 is 0. The van der Waals surface area contributed by atoms with Gasteiger partial charge in [0.15, 0.2) is 11.6 Å². The number of halogens is 4. The van der Waals surface area contributed by atoms with Gasteiger partial charge in [-0.25, -0.2) is 14.4 Å². The molecule has 1 aromatic carbocycles. The zero-order chi connectivity index (χ0) is 22.2. The highest BCUT2D eigenvalue weighted by Crippen LogP contribution is 2.34. The zero-order valence-electron chi connectivity index (χ0n) is 16.6. The van der Waals surface area contributed by atoms with Gasteiger partial charge >= 0.3 is 6.05 Å². The third-order valence-electron chi connectivity index (χ3n) is 4.87. The van der Waals surface area contributed by atoms with Gasteiger partial charge in [-0.05, 0) is 42.3 Å². The number of benzene rings is 1. The Morgan fingerprint density at radius 1 is 1.13 bits per heavy atom. The quantitative estimate of drug-likeness (QED) is 0.247. The first kappa shape index (κ1) is 20.6. The van der Waals surface area contributed by atoms with Gasteiger partial charge in [0.05, 0.1) is 12.7 Å². The van der Waals surface area contributed by atoms with Gasteiger partial charge < -0.3 is 15.0 Å². The SMILES string of the molecule is COc1cccc(C(F)(F)Nc2ccc(Cc3c[nH]c4ncc(C)cc34)c(F)n2)c1F. The number of H-pyrrole nitrogens is 1. The second kappa shape index (κ2) is 7.90. The first-order valence-electron chi connectivity index (χ1n) is 9.35. The lowest BCUT2D eigenvalue weighted by molar-refractivity contribution is 0.0237. The summed E-state index contributed by atoms with van der Waals surface area (Å²) in [7, 11) is 1.18. The summed E-state index contributed by atoms with van der Waals surface area (Å²) in [6, 6.07) is 4.07. The van der Waals surface area contributed by atoms with Crippen LogP contribution >= 0.6 is 0 Å². The summed E-state index contributed by atoms with van der Waals surface area (Å²) in [6.45, 7) is 1.90. The third kappa shape index (κ3) is 4.03. The summed E-state index contributed by atoms with van der Waals surface area (Å²) in [6.07, 6.45) is 3.64. The predicted molar refractivity (Wildman–Crippen MR) is 108 cm³/mol. The lowest BCUT2D eigenvalue weighted by atomic mass is 10.1. The van der Waals surface area contributed by atoms with Crippen molar-refractivity contribution < 1.29 is 22.3 Å². The molecule has 0 atom stereocenters. The average molecular weight is 430 g/mol. The minimum absolute atomic E-state index is 0.200. The topological polar surface area (TPSA) is 62.8 Å². The van der Waals surface area contributed by atoms with Gasteiger partial charge in [0, 0.05) is 29.8 Å². The van der Waals surface area contributed by atoms with Gasteiger partial charge in [-0.2, -0.15) is 13.2 Å². The summed E-state index contributed by atoms with van der Waals surface area (Å²) in [5.74, 6) is -2.86. The van der Waals surface area contributed by atoms with Crippen LogP contribution in [0.15, 0.2) is 48.8 Å². The van der Waals surface area contributed by atoms with E-state index >= 15 is 0 Å². The second-order valence-corrected chi connectivity index (χ2v) is 7.07. The number of alkyl halides is 2. The van der Waals surface area contributed by atoms with Crippen LogP contribution in [0.1, 0.15) is 22.3 Å². The number of anilines is 1. The van der Waals surface area contributed by atoms with Crippen molar-refractivity contribution in [1.82, 2.24) is 15.0 Å². The van der Waals surface area contributed by atoms with E-state index < -0.39 is 29.2 Å². The first-order valence-corrected chi connectivity index (χ1v) is 9.35. The van der Waals surface area contributed by atoms with Crippen molar-refractivity contribution in [1.29, 1.82) is 0 Å². The van der Waals surface area contributed by atoms with Crippen LogP contribution in [0.5, 0.6) is 5.75 Å². The van der Waals surface area contributed by atoms with Crippen molar-refractivity contribution >= 4 is 16.9 Å². The zero-order valence-corrected chi connectivity index (χ0v) is 16.6. The monoisotopic (exact) mass is 430 g/mol. The van der Waals surface area contributed by atoms with Crippen LogP contribution in [0, 0.1) is 18.7 Å². The van der Waals surface area contributed by atoms with Crippen molar-refractivity contribution in [2.24, 2.45) is 0 Å². The number of fused-ring (bicyclic) bond motifs is 1. The molecule has 0 amide bonds. The van der Waals surface area contributed by atoms with Crippen molar-refractivity contribution in [2.75, 3.05) is 12.4 Å². The molecule has 0 aliphatic rings. The normalized spacial score (nSPS) is 11.7. The van der Waals surface area contributed by atoms with Crippen molar-refractivity contribution in [2.45, 2.75) is 19.4 Å². The number of nitrogens with one attached hydrogen (secondary N) is 2. The Kier molecular flexibility index (Phi) is 5.26. The fourth-order valence-electron chi connectivity index (χ4n) is 3.32. The summed E-state index contributed by atoms with van der Waals surface area (Å²) in [4.78, 5) is 10.9. The molecule has 4 rings (SSSR count). The molecule has 0 saturated heterocycles. The molecule has 0 spiro atoms. The molecule has 9 heteroatoms. The maximum absolute atomic E-state index is 14.6. The number of hydrogen-bond acceptors (Lipinski definition) is 4. The number of methoxy groups -OCH3 is 1. The number of aromatic nitrogens is 3. The van der Waals surface area contributed by atoms with E-state index in [0.29, 0.717) is 5.65 Å². The minimum Gasteiger partial charge on any atom is -0.494 e. The molecule has 4 aromatic rings. The molecule has 2 N–H and O–H groups in total. The molecule has 5 nitrogen and oxygen atoms in total. The Labute approximate surface area is 175 Å². The molecular formula is C22H18F4N4O. The highest BCUT2D eigenvalue weighted by atomic mass is 19.3. The van der Waals surface area contributed by atoms with Gasteiger partial charge in [-0.1, -0.05) is 12.1 Å². The molecule has 0 aliphatic heterocycles. The number of hydrogen-bond donors (Lipinski definition) is 2. The van der Waals surface area contributed by atoms with E-state index in [1.807, 2.05) is 13.0 Å². The summed E-state index contributed by atoms with van der Waals surface area (Å²) < 4.78 is 62.7. The number of ether oxygens (including phenoxy) is 1. The smallest absolute Gasteiger partial charge is 0.354 e. The largest absolute Gasteiger partial charge is 0.494 e. The first-order chi connectivity index (χ1) is 14.8. The second-order valence-electron chi connectivity index (χ2n) is 7.07.